The number of rotatable bonds is 9. The molecule has 0 saturated carbocycles. The van der Waals surface area contributed by atoms with Gasteiger partial charge >= 0.3 is 5.97 Å². The third-order valence-electron chi connectivity index (χ3n) is 6.30. The fourth-order valence-corrected chi connectivity index (χ4v) is 4.00. The van der Waals surface area contributed by atoms with E-state index in [1.807, 2.05) is 0 Å². The van der Waals surface area contributed by atoms with Gasteiger partial charge < -0.3 is 40.1 Å². The fourth-order valence-electron chi connectivity index (χ4n) is 4.00. The fraction of sp³-hybridized carbons (Fsp3) is 0.593. The van der Waals surface area contributed by atoms with Gasteiger partial charge in [-0.2, -0.15) is 0 Å². The summed E-state index contributed by atoms with van der Waals surface area (Å²) in [5.74, 6) is 10.7. The molecule has 198 valence electrons. The highest BCUT2D eigenvalue weighted by molar-refractivity contribution is 5.73. The van der Waals surface area contributed by atoms with E-state index in [9.17, 15) is 30.3 Å². The van der Waals surface area contributed by atoms with Crippen molar-refractivity contribution in [3.8, 4) is 35.2 Å². The second kappa shape index (κ2) is 14.1. The molecule has 9 nitrogen and oxygen atoms in total. The number of unbranched alkanes of at least 4 members (excludes halogenated alkanes) is 4. The summed E-state index contributed by atoms with van der Waals surface area (Å²) in [5, 5.41) is 59.0. The van der Waals surface area contributed by atoms with Gasteiger partial charge in [-0.05, 0) is 63.1 Å². The average molecular weight is 505 g/mol. The molecule has 0 unspecified atom stereocenters. The van der Waals surface area contributed by atoms with Crippen LogP contribution in [0.2, 0.25) is 0 Å². The van der Waals surface area contributed by atoms with Crippen LogP contribution >= 0.6 is 0 Å². The Morgan fingerprint density at radius 1 is 0.861 bits per heavy atom. The minimum Gasteiger partial charge on any atom is -0.507 e. The molecule has 2 rings (SSSR count). The van der Waals surface area contributed by atoms with Gasteiger partial charge in [0.15, 0.2) is 6.10 Å². The third-order valence-corrected chi connectivity index (χ3v) is 6.30. The maximum atomic E-state index is 11.4. The van der Waals surface area contributed by atoms with Crippen LogP contribution in [0.15, 0.2) is 0 Å². The minimum absolute atomic E-state index is 0.127. The number of phenolic OH excluding ortho intramolecular Hbond substituents is 1. The van der Waals surface area contributed by atoms with Crippen molar-refractivity contribution >= 4 is 5.97 Å². The number of carboxylic acids is 1. The van der Waals surface area contributed by atoms with Gasteiger partial charge in [-0.1, -0.05) is 5.92 Å². The molecular formula is C27H36O9. The summed E-state index contributed by atoms with van der Waals surface area (Å²) in [4.78, 5) is 11.4. The number of hydrogen-bond donors (Lipinski definition) is 6. The van der Waals surface area contributed by atoms with Crippen LogP contribution in [0.1, 0.15) is 60.8 Å². The molecule has 1 fully saturated rings. The van der Waals surface area contributed by atoms with E-state index in [4.69, 9.17) is 14.6 Å². The zero-order chi connectivity index (χ0) is 26.8. The molecule has 36 heavy (non-hydrogen) atoms. The monoisotopic (exact) mass is 504 g/mol. The lowest BCUT2D eigenvalue weighted by Gasteiger charge is -2.39. The first-order chi connectivity index (χ1) is 17.1. The lowest BCUT2D eigenvalue weighted by Crippen LogP contribution is -2.61. The zero-order valence-electron chi connectivity index (χ0n) is 21.0. The van der Waals surface area contributed by atoms with E-state index >= 15 is 0 Å². The standard InChI is InChI=1S/C27H36O9/c1-16-17(2)24(35-27-23(32)21(30)22(31)25(36-27)26(33)34)19(18(3)20(16)29)14-12-10-8-6-4-5-7-9-11-13-15-28/h21-23,25,27-32H,5,7-10,12,14-15H2,1-3H3,(H,33,34)/t21-,22-,23+,25-,27+/m0/s1. The number of ether oxygens (including phenoxy) is 2. The number of aliphatic hydroxyl groups is 4. The smallest absolute Gasteiger partial charge is 0.335 e. The Morgan fingerprint density at radius 3 is 2.08 bits per heavy atom. The summed E-state index contributed by atoms with van der Waals surface area (Å²) >= 11 is 0. The summed E-state index contributed by atoms with van der Waals surface area (Å²) < 4.78 is 11.2. The first-order valence-electron chi connectivity index (χ1n) is 12.0. The molecule has 0 aromatic heterocycles. The maximum absolute atomic E-state index is 11.4. The molecule has 1 aliphatic heterocycles. The number of carbonyl (C=O) groups is 1. The van der Waals surface area contributed by atoms with Crippen molar-refractivity contribution < 1.29 is 44.9 Å². The van der Waals surface area contributed by atoms with Gasteiger partial charge in [0.1, 0.15) is 36.4 Å². The summed E-state index contributed by atoms with van der Waals surface area (Å²) in [6.07, 6.45) is -3.48. The van der Waals surface area contributed by atoms with Gasteiger partial charge in [-0.3, -0.25) is 0 Å². The molecule has 9 heteroatoms. The Hall–Kier alpha value is -2.79. The van der Waals surface area contributed by atoms with Crippen molar-refractivity contribution in [2.75, 3.05) is 6.61 Å². The highest BCUT2D eigenvalue weighted by atomic mass is 16.7. The normalized spacial score (nSPS) is 23.2. The van der Waals surface area contributed by atoms with Crippen molar-refractivity contribution in [2.24, 2.45) is 0 Å². The third kappa shape index (κ3) is 7.36. The van der Waals surface area contributed by atoms with E-state index in [1.165, 1.54) is 0 Å². The van der Waals surface area contributed by atoms with Gasteiger partial charge in [0.05, 0.1) is 0 Å². The van der Waals surface area contributed by atoms with Crippen molar-refractivity contribution in [2.45, 2.75) is 96.4 Å². The number of hydrogen-bond acceptors (Lipinski definition) is 8. The molecule has 0 amide bonds. The molecule has 1 aliphatic rings. The van der Waals surface area contributed by atoms with Crippen LogP contribution < -0.4 is 4.74 Å². The summed E-state index contributed by atoms with van der Waals surface area (Å²) in [7, 11) is 0. The second-order valence-electron chi connectivity index (χ2n) is 8.81. The van der Waals surface area contributed by atoms with E-state index in [-0.39, 0.29) is 12.4 Å². The van der Waals surface area contributed by atoms with E-state index in [0.717, 1.165) is 25.7 Å². The molecule has 0 radical (unpaired) electrons. The SMILES string of the molecule is Cc1c(C)c(O[C@@H]2O[C@H](C(=O)O)[C@@H](O)[C@H](O)[C@H]2O)c(CCCCC#CCCCC#CCO)c(C)c1O. The number of aliphatic carboxylic acids is 1. The molecule has 5 atom stereocenters. The van der Waals surface area contributed by atoms with E-state index < -0.39 is 36.7 Å². The van der Waals surface area contributed by atoms with Crippen LogP contribution in [0.25, 0.3) is 0 Å². The summed E-state index contributed by atoms with van der Waals surface area (Å²) in [5.41, 5.74) is 2.46. The molecule has 1 aromatic rings. The highest BCUT2D eigenvalue weighted by Crippen LogP contribution is 2.39. The predicted octanol–water partition coefficient (Wildman–Crippen LogP) is 1.47. The van der Waals surface area contributed by atoms with Gasteiger partial charge in [-0.25, -0.2) is 4.79 Å². The number of aromatic hydroxyl groups is 1. The topological polar surface area (TPSA) is 157 Å². The number of benzene rings is 1. The minimum atomic E-state index is -1.81. The molecule has 0 aliphatic carbocycles. The lowest BCUT2D eigenvalue weighted by molar-refractivity contribution is -0.271. The van der Waals surface area contributed by atoms with E-state index in [1.54, 1.807) is 20.8 Å². The van der Waals surface area contributed by atoms with Crippen molar-refractivity contribution in [3.05, 3.63) is 22.3 Å². The molecule has 0 spiro atoms. The van der Waals surface area contributed by atoms with E-state index in [2.05, 4.69) is 23.7 Å². The Labute approximate surface area is 211 Å². The molecule has 6 N–H and O–H groups in total. The van der Waals surface area contributed by atoms with Crippen LogP contribution in [-0.2, 0) is 16.0 Å². The number of phenols is 1. The average Bonchev–Trinajstić information content (AvgIpc) is 2.85. The van der Waals surface area contributed by atoms with Gasteiger partial charge in [0.2, 0.25) is 6.29 Å². The first kappa shape index (κ1) is 29.4. The van der Waals surface area contributed by atoms with Crippen molar-refractivity contribution in [1.29, 1.82) is 0 Å². The van der Waals surface area contributed by atoms with Crippen LogP contribution in [0.3, 0.4) is 0 Å². The molecule has 0 bridgehead atoms. The number of aliphatic hydroxyl groups excluding tert-OH is 4. The molecule has 1 saturated heterocycles. The first-order valence-corrected chi connectivity index (χ1v) is 12.0. The Balaban J connectivity index is 2.10. The van der Waals surface area contributed by atoms with Crippen LogP contribution in [0.4, 0.5) is 0 Å². The Morgan fingerprint density at radius 2 is 1.47 bits per heavy atom. The Kier molecular flexibility index (Phi) is 11.5. The largest absolute Gasteiger partial charge is 0.507 e. The van der Waals surface area contributed by atoms with Gasteiger partial charge in [0.25, 0.3) is 0 Å². The van der Waals surface area contributed by atoms with E-state index in [0.29, 0.717) is 47.3 Å². The molecular weight excluding hydrogens is 468 g/mol. The maximum Gasteiger partial charge on any atom is 0.335 e. The van der Waals surface area contributed by atoms with Crippen molar-refractivity contribution in [1.82, 2.24) is 0 Å². The van der Waals surface area contributed by atoms with Crippen LogP contribution in [0, 0.1) is 44.5 Å². The lowest BCUT2D eigenvalue weighted by atomic mass is 9.93. The van der Waals surface area contributed by atoms with Crippen LogP contribution in [0.5, 0.6) is 11.5 Å². The van der Waals surface area contributed by atoms with Gasteiger partial charge in [0, 0.05) is 24.8 Å². The Bertz CT molecular complexity index is 1030. The summed E-state index contributed by atoms with van der Waals surface area (Å²) in [6, 6.07) is 0. The second-order valence-corrected chi connectivity index (χ2v) is 8.81. The quantitative estimate of drug-likeness (QED) is 0.216. The highest BCUT2D eigenvalue weighted by Gasteiger charge is 2.48. The number of carboxylic acid groups (broad SMARTS) is 1. The van der Waals surface area contributed by atoms with Crippen molar-refractivity contribution in [3.63, 3.8) is 0 Å². The predicted molar refractivity (Wildman–Crippen MR) is 131 cm³/mol. The summed E-state index contributed by atoms with van der Waals surface area (Å²) in [6.45, 7) is 5.08. The molecule has 1 heterocycles. The zero-order valence-corrected chi connectivity index (χ0v) is 21.0. The van der Waals surface area contributed by atoms with Crippen LogP contribution in [-0.4, -0.2) is 73.9 Å². The molecule has 1 aromatic carbocycles. The van der Waals surface area contributed by atoms with Gasteiger partial charge in [-0.15, -0.1) is 17.8 Å².